The molecule has 3 amide bonds. The van der Waals surface area contributed by atoms with Crippen LogP contribution in [-0.2, 0) is 33.1 Å². The first kappa shape index (κ1) is 39.7. The van der Waals surface area contributed by atoms with Gasteiger partial charge < -0.3 is 34.4 Å². The molecule has 0 aromatic heterocycles. The first-order chi connectivity index (χ1) is 25.7. The molecule has 1 fully saturated rings. The third-order valence-electron chi connectivity index (χ3n) is 9.43. The normalized spacial score (nSPS) is 17.6. The number of benzene rings is 4. The fourth-order valence-electron chi connectivity index (χ4n) is 6.58. The number of amides is 3. The van der Waals surface area contributed by atoms with Crippen LogP contribution >= 0.6 is 7.60 Å². The quantitative estimate of drug-likeness (QED) is 0.0686. The van der Waals surface area contributed by atoms with Gasteiger partial charge >= 0.3 is 13.6 Å². The van der Waals surface area contributed by atoms with Crippen LogP contribution in [0.15, 0.2) is 109 Å². The number of primary amides is 1. The van der Waals surface area contributed by atoms with E-state index in [1.807, 2.05) is 98.8 Å². The van der Waals surface area contributed by atoms with Gasteiger partial charge in [0.1, 0.15) is 5.75 Å². The number of nitrogens with zero attached hydrogens (tertiary/aromatic N) is 2. The Morgan fingerprint density at radius 3 is 2.00 bits per heavy atom. The van der Waals surface area contributed by atoms with E-state index in [-0.39, 0.29) is 25.5 Å². The number of aliphatic hydroxyl groups is 1. The average molecular weight is 742 g/mol. The smallest absolute Gasteiger partial charge is 0.367 e. The van der Waals surface area contributed by atoms with E-state index in [0.29, 0.717) is 42.9 Å². The number of ether oxygens (including phenoxy) is 1. The maximum absolute atomic E-state index is 14.8. The van der Waals surface area contributed by atoms with Crippen molar-refractivity contribution in [1.82, 2.24) is 9.80 Å². The van der Waals surface area contributed by atoms with Gasteiger partial charge in [-0.15, -0.1) is 0 Å². The molecule has 1 unspecified atom stereocenters. The molecule has 3 atom stereocenters. The van der Waals surface area contributed by atoms with E-state index in [2.05, 4.69) is 0 Å². The molecule has 1 saturated heterocycles. The van der Waals surface area contributed by atoms with Crippen LogP contribution in [0.4, 0.5) is 4.79 Å². The van der Waals surface area contributed by atoms with Gasteiger partial charge in [-0.05, 0) is 72.2 Å². The van der Waals surface area contributed by atoms with Gasteiger partial charge in [0.25, 0.3) is 0 Å². The number of nitrogens with two attached hydrogens (primary N) is 1. The molecule has 4 aromatic rings. The van der Waals surface area contributed by atoms with Crippen molar-refractivity contribution in [3.8, 4) is 5.75 Å². The van der Waals surface area contributed by atoms with Crippen molar-refractivity contribution in [2.24, 2.45) is 5.73 Å². The molecule has 3 N–H and O–H groups in total. The van der Waals surface area contributed by atoms with Gasteiger partial charge in [-0.25, -0.2) is 4.79 Å². The molecule has 0 spiro atoms. The van der Waals surface area contributed by atoms with Gasteiger partial charge in [-0.3, -0.25) is 9.36 Å². The molecule has 0 saturated carbocycles. The van der Waals surface area contributed by atoms with Gasteiger partial charge in [0.2, 0.25) is 5.91 Å². The van der Waals surface area contributed by atoms with Gasteiger partial charge in [0, 0.05) is 18.7 Å². The van der Waals surface area contributed by atoms with Crippen LogP contribution in [0.5, 0.6) is 5.75 Å². The van der Waals surface area contributed by atoms with Crippen LogP contribution in [0.2, 0.25) is 0 Å². The molecule has 0 radical (unpaired) electrons. The van der Waals surface area contributed by atoms with E-state index in [0.717, 1.165) is 42.4 Å². The molecule has 282 valence electrons. The van der Waals surface area contributed by atoms with Crippen LogP contribution in [0.3, 0.4) is 0 Å². The van der Waals surface area contributed by atoms with Crippen molar-refractivity contribution in [2.45, 2.75) is 83.6 Å². The Bertz CT molecular complexity index is 1790. The van der Waals surface area contributed by atoms with E-state index in [1.165, 1.54) is 0 Å². The van der Waals surface area contributed by atoms with E-state index >= 15 is 0 Å². The zero-order valence-electron chi connectivity index (χ0n) is 30.7. The van der Waals surface area contributed by atoms with Crippen LogP contribution in [0.25, 0.3) is 0 Å². The summed E-state index contributed by atoms with van der Waals surface area (Å²) in [6.45, 7) is 5.04. The molecule has 0 bridgehead atoms. The number of carbonyl (C=O) groups is 2. The third-order valence-corrected chi connectivity index (χ3v) is 11.0. The van der Waals surface area contributed by atoms with E-state index in [9.17, 15) is 19.3 Å². The molecule has 53 heavy (non-hydrogen) atoms. The second-order valence-corrected chi connectivity index (χ2v) is 15.4. The largest absolute Gasteiger partial charge is 0.481 e. The summed E-state index contributed by atoms with van der Waals surface area (Å²) in [6.07, 6.45) is 3.31. The molecular weight excluding hydrogens is 689 g/mol. The van der Waals surface area contributed by atoms with Crippen LogP contribution < -0.4 is 10.5 Å². The number of aryl methyl sites for hydroxylation is 1. The summed E-state index contributed by atoms with van der Waals surface area (Å²) in [5, 5.41) is 12.3. The zero-order chi connectivity index (χ0) is 37.6. The van der Waals surface area contributed by atoms with Crippen molar-refractivity contribution in [2.75, 3.05) is 19.6 Å². The average Bonchev–Trinajstić information content (AvgIpc) is 3.17. The molecule has 11 heteroatoms. The lowest BCUT2D eigenvalue weighted by atomic mass is 9.87. The topological polar surface area (TPSA) is 132 Å². The third kappa shape index (κ3) is 11.0. The van der Waals surface area contributed by atoms with Crippen molar-refractivity contribution >= 4 is 19.5 Å². The summed E-state index contributed by atoms with van der Waals surface area (Å²) >= 11 is 0. The number of hydrogen-bond acceptors (Lipinski definition) is 7. The van der Waals surface area contributed by atoms with Crippen LogP contribution in [0, 0.1) is 0 Å². The van der Waals surface area contributed by atoms with Gasteiger partial charge in [-0.2, -0.15) is 0 Å². The Labute approximate surface area is 313 Å². The summed E-state index contributed by atoms with van der Waals surface area (Å²) in [5.74, 6) is -0.0911. The summed E-state index contributed by atoms with van der Waals surface area (Å²) in [5.41, 5.74) is 9.34. The van der Waals surface area contributed by atoms with Gasteiger partial charge in [-0.1, -0.05) is 112 Å². The maximum Gasteiger partial charge on any atom is 0.367 e. The lowest BCUT2D eigenvalue weighted by molar-refractivity contribution is -0.0470. The highest BCUT2D eigenvalue weighted by atomic mass is 31.2. The number of hydrogen-bond donors (Lipinski definition) is 2. The first-order valence-corrected chi connectivity index (χ1v) is 20.3. The monoisotopic (exact) mass is 741 g/mol. The Hall–Kier alpha value is -4.47. The highest BCUT2D eigenvalue weighted by Crippen LogP contribution is 2.48. The second-order valence-electron chi connectivity index (χ2n) is 13.4. The Kier molecular flexibility index (Phi) is 14.7. The summed E-state index contributed by atoms with van der Waals surface area (Å²) in [7, 11) is -3.50. The van der Waals surface area contributed by atoms with E-state index < -0.39 is 31.7 Å². The number of rotatable bonds is 20. The lowest BCUT2D eigenvalue weighted by Crippen LogP contribution is -2.61. The van der Waals surface area contributed by atoms with Crippen LogP contribution in [0.1, 0.15) is 84.6 Å². The second kappa shape index (κ2) is 19.6. The van der Waals surface area contributed by atoms with Gasteiger partial charge in [0.15, 0.2) is 6.35 Å². The lowest BCUT2D eigenvalue weighted by Gasteiger charge is -2.49. The summed E-state index contributed by atoms with van der Waals surface area (Å²) < 4.78 is 31.0. The number of unbranched alkanes of at least 4 members (excludes halogenated alkanes) is 2. The molecular formula is C42H52N3O7P. The SMILES string of the molecule is CCCCOP(=O)(COc1cccc(CN2C(=O)N(Cc3cccc(C(N)=O)c3)C(c3ccccc3)[C@H](O)[C@H]2CCc2ccccc2)c1)OCCCC. The highest BCUT2D eigenvalue weighted by Gasteiger charge is 2.46. The maximum atomic E-state index is 14.8. The summed E-state index contributed by atoms with van der Waals surface area (Å²) in [6, 6.07) is 32.4. The predicted molar refractivity (Wildman–Crippen MR) is 206 cm³/mol. The molecule has 1 heterocycles. The number of aliphatic hydroxyl groups excluding tert-OH is 1. The Morgan fingerprint density at radius 2 is 1.36 bits per heavy atom. The Morgan fingerprint density at radius 1 is 0.774 bits per heavy atom. The molecule has 4 aromatic carbocycles. The minimum atomic E-state index is -3.50. The minimum Gasteiger partial charge on any atom is -0.481 e. The van der Waals surface area contributed by atoms with Gasteiger partial charge in [0.05, 0.1) is 31.4 Å². The molecule has 1 aliphatic heterocycles. The van der Waals surface area contributed by atoms with E-state index in [4.69, 9.17) is 19.5 Å². The molecule has 1 aliphatic rings. The van der Waals surface area contributed by atoms with Crippen molar-refractivity contribution in [3.63, 3.8) is 0 Å². The molecule has 10 nitrogen and oxygen atoms in total. The standard InChI is InChI=1S/C42H52N3O7P/c1-3-5-25-51-53(49,52-26-6-4-2)31-50-37-22-14-18-34(28-37)29-44-38(24-23-32-15-9-7-10-16-32)40(46)39(35-19-11-8-12-20-35)45(42(44)48)30-33-17-13-21-36(27-33)41(43)47/h7-22,27-28,38-40,46H,3-6,23-26,29-31H2,1-2H3,(H2,43,47)/t38-,39?,40-/m1/s1. The fraction of sp³-hybridized carbons (Fsp3) is 0.381. The van der Waals surface area contributed by atoms with Crippen molar-refractivity contribution < 1.29 is 33.0 Å². The fourth-order valence-corrected chi connectivity index (χ4v) is 7.93. The van der Waals surface area contributed by atoms with Crippen molar-refractivity contribution in [3.05, 3.63) is 137 Å². The molecule has 0 aliphatic carbocycles. The van der Waals surface area contributed by atoms with Crippen LogP contribution in [-0.4, -0.2) is 58.6 Å². The van der Waals surface area contributed by atoms with Crippen molar-refractivity contribution in [1.29, 1.82) is 0 Å². The number of carbonyl (C=O) groups excluding carboxylic acids is 2. The summed E-state index contributed by atoms with van der Waals surface area (Å²) in [4.78, 5) is 30.3. The zero-order valence-corrected chi connectivity index (χ0v) is 31.6. The molecule has 5 rings (SSSR count). The Balaban J connectivity index is 1.45. The first-order valence-electron chi connectivity index (χ1n) is 18.5. The highest BCUT2D eigenvalue weighted by molar-refractivity contribution is 7.53. The minimum absolute atomic E-state index is 0.146. The predicted octanol–water partition coefficient (Wildman–Crippen LogP) is 8.49. The number of urea groups is 1. The van der Waals surface area contributed by atoms with E-state index in [1.54, 1.807) is 34.1 Å².